The van der Waals surface area contributed by atoms with Crippen LogP contribution in [0.5, 0.6) is 5.75 Å². The van der Waals surface area contributed by atoms with Crippen LogP contribution >= 0.6 is 11.3 Å². The topological polar surface area (TPSA) is 49.7 Å². The molecule has 6 heteroatoms. The molecule has 0 amide bonds. The fourth-order valence-corrected chi connectivity index (χ4v) is 2.03. The summed E-state index contributed by atoms with van der Waals surface area (Å²) in [7, 11) is -1.88. The van der Waals surface area contributed by atoms with E-state index in [-0.39, 0.29) is 11.6 Å². The quantitative estimate of drug-likeness (QED) is 0.739. The van der Waals surface area contributed by atoms with Gasteiger partial charge in [-0.05, 0) is 18.2 Å². The van der Waals surface area contributed by atoms with Gasteiger partial charge in [0.1, 0.15) is 11.6 Å². The molecule has 1 aromatic carbocycles. The molecule has 2 aromatic rings. The van der Waals surface area contributed by atoms with E-state index in [9.17, 15) is 4.39 Å². The molecule has 72 valence electrons. The van der Waals surface area contributed by atoms with Gasteiger partial charge in [0.25, 0.3) is 0 Å². The molecule has 0 spiro atoms. The first kappa shape index (κ1) is 9.45. The number of halogens is 1. The minimum atomic E-state index is -1.88. The summed E-state index contributed by atoms with van der Waals surface area (Å²) in [5, 5.41) is 19.3. The van der Waals surface area contributed by atoms with E-state index in [2.05, 4.69) is 4.65 Å². The Morgan fingerprint density at radius 2 is 2.14 bits per heavy atom. The molecule has 0 fully saturated rings. The Hall–Kier alpha value is -1.11. The average Bonchev–Trinajstić information content (AvgIpc) is 2.47. The Labute approximate surface area is 83.5 Å². The second-order valence-corrected chi connectivity index (χ2v) is 3.60. The second-order valence-electron chi connectivity index (χ2n) is 2.68. The summed E-state index contributed by atoms with van der Waals surface area (Å²) in [6.07, 6.45) is 0. The molecule has 0 bridgehead atoms. The molecule has 0 aliphatic rings. The molecule has 0 radical (unpaired) electrons. The zero-order chi connectivity index (χ0) is 10.1. The van der Waals surface area contributed by atoms with Crippen LogP contribution in [-0.2, 0) is 0 Å². The minimum Gasteiger partial charge on any atom is -0.511 e. The summed E-state index contributed by atoms with van der Waals surface area (Å²) in [6.45, 7) is 0. The van der Waals surface area contributed by atoms with Gasteiger partial charge in [0.2, 0.25) is 0 Å². The lowest BCUT2D eigenvalue weighted by Gasteiger charge is -2.01. The Morgan fingerprint density at radius 3 is 2.86 bits per heavy atom. The normalized spacial score (nSPS) is 10.5. The van der Waals surface area contributed by atoms with Crippen molar-refractivity contribution in [3.63, 3.8) is 0 Å². The second kappa shape index (κ2) is 3.57. The van der Waals surface area contributed by atoms with Crippen molar-refractivity contribution >= 4 is 28.7 Å². The van der Waals surface area contributed by atoms with Crippen molar-refractivity contribution < 1.29 is 19.1 Å². The van der Waals surface area contributed by atoms with Crippen molar-refractivity contribution in [2.24, 2.45) is 0 Å². The van der Waals surface area contributed by atoms with Crippen molar-refractivity contribution in [3.8, 4) is 5.75 Å². The molecule has 3 nitrogen and oxygen atoms in total. The molecule has 0 atom stereocenters. The van der Waals surface area contributed by atoms with Gasteiger partial charge < -0.3 is 14.7 Å². The van der Waals surface area contributed by atoms with Crippen LogP contribution in [0.3, 0.4) is 0 Å². The molecule has 0 aliphatic heterocycles. The van der Waals surface area contributed by atoms with E-state index in [1.807, 2.05) is 0 Å². The van der Waals surface area contributed by atoms with E-state index in [1.54, 1.807) is 11.4 Å². The van der Waals surface area contributed by atoms with E-state index in [0.29, 0.717) is 5.39 Å². The standard InChI is InChI=1S/C8H6BFO3S/c10-5-1-2-8-6(3-5)7(4-14-8)13-9(11)12/h1-4,11-12H. The largest absolute Gasteiger partial charge is 0.707 e. The summed E-state index contributed by atoms with van der Waals surface area (Å²) in [5.41, 5.74) is 0. The fraction of sp³-hybridized carbons (Fsp3) is 0. The van der Waals surface area contributed by atoms with Crippen LogP contribution in [-0.4, -0.2) is 17.4 Å². The van der Waals surface area contributed by atoms with Crippen molar-refractivity contribution in [1.82, 2.24) is 0 Å². The zero-order valence-electron chi connectivity index (χ0n) is 6.98. The molecule has 2 rings (SSSR count). The molecular weight excluding hydrogens is 206 g/mol. The molecule has 0 saturated carbocycles. The Bertz CT molecular complexity index is 457. The summed E-state index contributed by atoms with van der Waals surface area (Å²) < 4.78 is 18.4. The third-order valence-corrected chi connectivity index (χ3v) is 2.67. The third kappa shape index (κ3) is 1.72. The van der Waals surface area contributed by atoms with Gasteiger partial charge in [-0.3, -0.25) is 0 Å². The molecular formula is C8H6BFO3S. The molecule has 2 N–H and O–H groups in total. The Morgan fingerprint density at radius 1 is 1.36 bits per heavy atom. The fourth-order valence-electron chi connectivity index (χ4n) is 1.18. The monoisotopic (exact) mass is 212 g/mol. The van der Waals surface area contributed by atoms with Crippen LogP contribution in [0.4, 0.5) is 4.39 Å². The van der Waals surface area contributed by atoms with Crippen LogP contribution in [0.15, 0.2) is 23.6 Å². The maximum atomic E-state index is 12.9. The van der Waals surface area contributed by atoms with E-state index in [0.717, 1.165) is 4.70 Å². The Kier molecular flexibility index (Phi) is 2.41. The van der Waals surface area contributed by atoms with Crippen LogP contribution in [0.1, 0.15) is 0 Å². The molecule has 1 heterocycles. The molecule has 0 unspecified atom stereocenters. The highest BCUT2D eigenvalue weighted by molar-refractivity contribution is 7.17. The van der Waals surface area contributed by atoms with Crippen molar-refractivity contribution in [1.29, 1.82) is 0 Å². The number of hydrogen-bond donors (Lipinski definition) is 2. The third-order valence-electron chi connectivity index (χ3n) is 1.73. The van der Waals surface area contributed by atoms with E-state index in [4.69, 9.17) is 10.0 Å². The van der Waals surface area contributed by atoms with E-state index < -0.39 is 7.32 Å². The number of hydrogen-bond acceptors (Lipinski definition) is 4. The summed E-state index contributed by atoms with van der Waals surface area (Å²) in [4.78, 5) is 0. The van der Waals surface area contributed by atoms with Crippen molar-refractivity contribution in [3.05, 3.63) is 29.4 Å². The minimum absolute atomic E-state index is 0.277. The first-order valence-electron chi connectivity index (χ1n) is 3.86. The Balaban J connectivity index is 2.50. The summed E-state index contributed by atoms with van der Waals surface area (Å²) in [5.74, 6) is -0.104. The van der Waals surface area contributed by atoms with E-state index in [1.165, 1.54) is 23.5 Å². The highest BCUT2D eigenvalue weighted by Crippen LogP contribution is 2.32. The van der Waals surface area contributed by atoms with Gasteiger partial charge in [0.05, 0.1) is 0 Å². The number of thiophene rings is 1. The SMILES string of the molecule is OB(O)Oc1csc2ccc(F)cc12. The van der Waals surface area contributed by atoms with E-state index >= 15 is 0 Å². The maximum absolute atomic E-state index is 12.9. The van der Waals surface area contributed by atoms with Gasteiger partial charge in [-0.15, -0.1) is 11.3 Å². The molecule has 0 saturated heterocycles. The highest BCUT2D eigenvalue weighted by Gasteiger charge is 2.14. The van der Waals surface area contributed by atoms with Gasteiger partial charge in [-0.2, -0.15) is 0 Å². The predicted octanol–water partition coefficient (Wildman–Crippen LogP) is 1.39. The van der Waals surface area contributed by atoms with Gasteiger partial charge in [-0.25, -0.2) is 4.39 Å². The molecule has 0 aliphatic carbocycles. The smallest absolute Gasteiger partial charge is 0.511 e. The van der Waals surface area contributed by atoms with Gasteiger partial charge >= 0.3 is 7.32 Å². The van der Waals surface area contributed by atoms with Crippen LogP contribution in [0.2, 0.25) is 0 Å². The van der Waals surface area contributed by atoms with Crippen LogP contribution < -0.4 is 4.65 Å². The lowest BCUT2D eigenvalue weighted by molar-refractivity contribution is 0.290. The predicted molar refractivity (Wildman–Crippen MR) is 52.6 cm³/mol. The van der Waals surface area contributed by atoms with Gasteiger partial charge in [-0.1, -0.05) is 0 Å². The lowest BCUT2D eigenvalue weighted by Crippen LogP contribution is -2.20. The first-order chi connectivity index (χ1) is 6.66. The number of fused-ring (bicyclic) bond motifs is 1. The maximum Gasteiger partial charge on any atom is 0.707 e. The van der Waals surface area contributed by atoms with Gasteiger partial charge in [0, 0.05) is 15.5 Å². The highest BCUT2D eigenvalue weighted by atomic mass is 32.1. The number of benzene rings is 1. The first-order valence-corrected chi connectivity index (χ1v) is 4.74. The van der Waals surface area contributed by atoms with Crippen molar-refractivity contribution in [2.75, 3.05) is 0 Å². The van der Waals surface area contributed by atoms with Crippen LogP contribution in [0.25, 0.3) is 10.1 Å². The molecule has 14 heavy (non-hydrogen) atoms. The average molecular weight is 212 g/mol. The van der Waals surface area contributed by atoms with Gasteiger partial charge in [0.15, 0.2) is 0 Å². The zero-order valence-corrected chi connectivity index (χ0v) is 7.79. The number of rotatable bonds is 2. The van der Waals surface area contributed by atoms with Crippen molar-refractivity contribution in [2.45, 2.75) is 0 Å². The van der Waals surface area contributed by atoms with Crippen LogP contribution in [0, 0.1) is 5.82 Å². The summed E-state index contributed by atoms with van der Waals surface area (Å²) >= 11 is 1.35. The lowest BCUT2D eigenvalue weighted by atomic mass is 10.2. The molecule has 1 aromatic heterocycles. The summed E-state index contributed by atoms with van der Waals surface area (Å²) in [6, 6.07) is 4.26.